The summed E-state index contributed by atoms with van der Waals surface area (Å²) in [5, 5.41) is 17.7. The summed E-state index contributed by atoms with van der Waals surface area (Å²) in [4.78, 5) is 46.6. The Labute approximate surface area is 281 Å². The van der Waals surface area contributed by atoms with Crippen LogP contribution in [0.4, 0.5) is 11.4 Å². The molecular weight excluding hydrogens is 620 g/mol. The fourth-order valence-electron chi connectivity index (χ4n) is 5.28. The topological polar surface area (TPSA) is 149 Å². The van der Waals surface area contributed by atoms with Gasteiger partial charge in [-0.3, -0.25) is 9.59 Å². The van der Waals surface area contributed by atoms with Crippen molar-refractivity contribution in [2.45, 2.75) is 32.5 Å². The van der Waals surface area contributed by atoms with E-state index in [0.29, 0.717) is 27.1 Å². The van der Waals surface area contributed by atoms with Crippen molar-refractivity contribution in [2.24, 2.45) is 0 Å². The summed E-state index contributed by atoms with van der Waals surface area (Å²) in [5.41, 5.74) is 4.24. The number of rotatable bonds is 9. The fraction of sp³-hybridized carbons (Fsp3) is 0.135. The van der Waals surface area contributed by atoms with Crippen LogP contribution in [0.2, 0.25) is 0 Å². The first-order valence-electron chi connectivity index (χ1n) is 15.6. The maximum absolute atomic E-state index is 12.7. The minimum absolute atomic E-state index is 0.00329. The lowest BCUT2D eigenvalue weighted by molar-refractivity contribution is 0.0980. The van der Waals surface area contributed by atoms with Crippen molar-refractivity contribution in [1.82, 2.24) is 29.4 Å². The Balaban J connectivity index is 0.000000177. The van der Waals surface area contributed by atoms with Gasteiger partial charge in [0.2, 0.25) is 0 Å². The molecule has 49 heavy (non-hydrogen) atoms. The third kappa shape index (κ3) is 7.54. The summed E-state index contributed by atoms with van der Waals surface area (Å²) < 4.78 is 1.75. The van der Waals surface area contributed by atoms with Gasteiger partial charge in [0.25, 0.3) is 11.1 Å². The molecule has 0 spiro atoms. The molecule has 0 bridgehead atoms. The molecule has 0 aliphatic heterocycles. The van der Waals surface area contributed by atoms with Crippen molar-refractivity contribution in [3.05, 3.63) is 166 Å². The van der Waals surface area contributed by atoms with Crippen LogP contribution < -0.4 is 26.6 Å². The molecule has 7 rings (SSSR count). The van der Waals surface area contributed by atoms with E-state index in [-0.39, 0.29) is 29.9 Å². The highest BCUT2D eigenvalue weighted by Crippen LogP contribution is 2.25. The maximum Gasteiger partial charge on any atom is 0.287 e. The minimum atomic E-state index is -0.538. The lowest BCUT2D eigenvalue weighted by Crippen LogP contribution is -2.28. The smallest absolute Gasteiger partial charge is 0.287 e. The van der Waals surface area contributed by atoms with Gasteiger partial charge in [-0.1, -0.05) is 91.0 Å². The SMILES string of the molecule is CC(Nc1cc(=O)n(O)c2ncncc12)c1ccccc1.CC(Nc1cc(=O)n(OCc2ccccc2)c2ncncc12)c1ccccc1. The van der Waals surface area contributed by atoms with Crippen LogP contribution in [0.5, 0.6) is 0 Å². The fourth-order valence-corrected chi connectivity index (χ4v) is 5.28. The number of hydrogen-bond acceptors (Lipinski definition) is 10. The van der Waals surface area contributed by atoms with E-state index in [0.717, 1.165) is 22.1 Å². The predicted octanol–water partition coefficient (Wildman–Crippen LogP) is 5.80. The van der Waals surface area contributed by atoms with Gasteiger partial charge in [0.15, 0.2) is 11.3 Å². The van der Waals surface area contributed by atoms with Gasteiger partial charge >= 0.3 is 0 Å². The molecule has 0 aliphatic carbocycles. The lowest BCUT2D eigenvalue weighted by Gasteiger charge is -2.18. The first-order chi connectivity index (χ1) is 23.9. The third-order valence-corrected chi connectivity index (χ3v) is 7.85. The Kier molecular flexibility index (Phi) is 9.85. The first kappa shape index (κ1) is 32.4. The Morgan fingerprint density at radius 1 is 0.673 bits per heavy atom. The van der Waals surface area contributed by atoms with Crippen LogP contribution in [0.25, 0.3) is 22.1 Å². The van der Waals surface area contributed by atoms with Crippen molar-refractivity contribution in [2.75, 3.05) is 10.6 Å². The molecule has 12 nitrogen and oxygen atoms in total. The minimum Gasteiger partial charge on any atom is -0.423 e. The first-order valence-corrected chi connectivity index (χ1v) is 15.6. The molecule has 0 fully saturated rings. The quantitative estimate of drug-likeness (QED) is 0.163. The molecule has 3 aromatic carbocycles. The molecule has 246 valence electrons. The Morgan fingerprint density at radius 2 is 1.14 bits per heavy atom. The third-order valence-electron chi connectivity index (χ3n) is 7.85. The predicted molar refractivity (Wildman–Crippen MR) is 188 cm³/mol. The highest BCUT2D eigenvalue weighted by Gasteiger charge is 2.15. The van der Waals surface area contributed by atoms with E-state index in [1.54, 1.807) is 12.4 Å². The zero-order chi connectivity index (χ0) is 34.2. The van der Waals surface area contributed by atoms with E-state index in [1.165, 1.54) is 29.5 Å². The van der Waals surface area contributed by atoms with Crippen LogP contribution >= 0.6 is 0 Å². The molecule has 0 amide bonds. The van der Waals surface area contributed by atoms with Gasteiger partial charge in [-0.25, -0.2) is 19.9 Å². The summed E-state index contributed by atoms with van der Waals surface area (Å²) in [6, 6.07) is 32.5. The molecule has 12 heteroatoms. The number of pyridine rings is 2. The number of nitrogens with one attached hydrogen (secondary N) is 2. The molecule has 4 aromatic heterocycles. The molecule has 0 aliphatic rings. The number of fused-ring (bicyclic) bond motifs is 2. The Bertz CT molecular complexity index is 2280. The second-order valence-electron chi connectivity index (χ2n) is 11.2. The van der Waals surface area contributed by atoms with Crippen LogP contribution in [-0.4, -0.2) is 34.6 Å². The van der Waals surface area contributed by atoms with Crippen molar-refractivity contribution in [3.63, 3.8) is 0 Å². The van der Waals surface area contributed by atoms with Crippen LogP contribution in [-0.2, 0) is 6.61 Å². The highest BCUT2D eigenvalue weighted by atomic mass is 16.7. The second kappa shape index (κ2) is 14.9. The summed E-state index contributed by atoms with van der Waals surface area (Å²) in [5.74, 6) is 0. The van der Waals surface area contributed by atoms with E-state index in [9.17, 15) is 14.8 Å². The number of aromatic nitrogens is 6. The van der Waals surface area contributed by atoms with Crippen LogP contribution in [0, 0.1) is 0 Å². The standard InChI is InChI=1S/C22H20N4O2.C15H14N4O2/c1-16(18-10-6-3-7-11-18)25-20-12-21(27)26(22-19(20)13-23-15-24-22)28-14-17-8-4-2-5-9-17;1-10(11-5-3-2-4-6-11)18-13-7-14(20)19(21)15-12(13)8-16-9-17-15/h2-13,15-16,25H,14H2,1H3;2-10,18,21H,1H3. The van der Waals surface area contributed by atoms with Crippen molar-refractivity contribution < 1.29 is 10.0 Å². The molecular formula is C37H34N8O4. The molecule has 0 radical (unpaired) electrons. The maximum atomic E-state index is 12.7. The van der Waals surface area contributed by atoms with Gasteiger partial charge in [0.1, 0.15) is 19.3 Å². The number of anilines is 2. The zero-order valence-corrected chi connectivity index (χ0v) is 26.8. The van der Waals surface area contributed by atoms with E-state index < -0.39 is 5.56 Å². The van der Waals surface area contributed by atoms with Crippen molar-refractivity contribution in [3.8, 4) is 0 Å². The van der Waals surface area contributed by atoms with E-state index in [2.05, 4.69) is 30.6 Å². The largest absolute Gasteiger partial charge is 0.423 e. The Hall–Kier alpha value is -6.56. The van der Waals surface area contributed by atoms with E-state index in [1.807, 2.05) is 105 Å². The molecule has 3 N–H and O–H groups in total. The van der Waals surface area contributed by atoms with E-state index >= 15 is 0 Å². The lowest BCUT2D eigenvalue weighted by atomic mass is 10.1. The monoisotopic (exact) mass is 654 g/mol. The Morgan fingerprint density at radius 3 is 1.69 bits per heavy atom. The number of hydrogen-bond donors (Lipinski definition) is 3. The van der Waals surface area contributed by atoms with Gasteiger partial charge in [-0.2, -0.15) is 0 Å². The van der Waals surface area contributed by atoms with E-state index in [4.69, 9.17) is 4.84 Å². The molecule has 2 atom stereocenters. The molecule has 0 saturated carbocycles. The summed E-state index contributed by atoms with van der Waals surface area (Å²) in [7, 11) is 0. The molecule has 7 aromatic rings. The average molecular weight is 655 g/mol. The summed E-state index contributed by atoms with van der Waals surface area (Å²) in [6.45, 7) is 4.31. The van der Waals surface area contributed by atoms with Gasteiger partial charge in [-0.15, -0.1) is 9.46 Å². The van der Waals surface area contributed by atoms with Crippen LogP contribution in [0.3, 0.4) is 0 Å². The average Bonchev–Trinajstić information content (AvgIpc) is 3.15. The van der Waals surface area contributed by atoms with Gasteiger partial charge in [0, 0.05) is 36.6 Å². The van der Waals surface area contributed by atoms with Crippen LogP contribution in [0.15, 0.2) is 138 Å². The number of benzene rings is 3. The van der Waals surface area contributed by atoms with Crippen molar-refractivity contribution >= 4 is 33.4 Å². The normalized spacial score (nSPS) is 12.0. The van der Waals surface area contributed by atoms with Gasteiger partial charge in [-0.05, 0) is 30.5 Å². The molecule has 2 unspecified atom stereocenters. The second-order valence-corrected chi connectivity index (χ2v) is 11.2. The zero-order valence-electron chi connectivity index (χ0n) is 26.8. The highest BCUT2D eigenvalue weighted by molar-refractivity contribution is 5.89. The summed E-state index contributed by atoms with van der Waals surface area (Å²) in [6.07, 6.45) is 5.95. The number of nitrogens with zero attached hydrogens (tertiary/aromatic N) is 6. The molecule has 0 saturated heterocycles. The van der Waals surface area contributed by atoms with Crippen molar-refractivity contribution in [1.29, 1.82) is 0 Å². The van der Waals surface area contributed by atoms with Gasteiger partial charge in [0.05, 0.1) is 22.1 Å². The van der Waals surface area contributed by atoms with Gasteiger partial charge < -0.3 is 20.7 Å². The van der Waals surface area contributed by atoms with Crippen LogP contribution in [0.1, 0.15) is 42.6 Å². The molecule has 4 heterocycles. The summed E-state index contributed by atoms with van der Waals surface area (Å²) >= 11 is 0.